The Balaban J connectivity index is 1.16. The average Bonchev–Trinajstić information content (AvgIpc) is 3.77. The van der Waals surface area contributed by atoms with E-state index in [1.165, 1.54) is 6.20 Å². The first-order valence-corrected chi connectivity index (χ1v) is 14.3. The van der Waals surface area contributed by atoms with Gasteiger partial charge in [0.2, 0.25) is 5.95 Å². The Kier molecular flexibility index (Phi) is 8.40. The number of aromatic nitrogens is 8. The lowest BCUT2D eigenvalue weighted by molar-refractivity contribution is 0.239. The van der Waals surface area contributed by atoms with Crippen LogP contribution >= 0.6 is 0 Å². The average molecular weight is 587 g/mol. The summed E-state index contributed by atoms with van der Waals surface area (Å²) in [4.78, 5) is 37.8. The maximum absolute atomic E-state index is 13.6. The summed E-state index contributed by atoms with van der Waals surface area (Å²) in [7, 11) is 1.85. The fourth-order valence-corrected chi connectivity index (χ4v) is 5.25. The number of hydrogen-bond acceptors (Lipinski definition) is 9. The summed E-state index contributed by atoms with van der Waals surface area (Å²) in [6.45, 7) is 0.407. The normalized spacial score (nSPS) is 16.5. The van der Waals surface area contributed by atoms with Crippen molar-refractivity contribution in [3.63, 3.8) is 0 Å². The van der Waals surface area contributed by atoms with Crippen molar-refractivity contribution in [1.82, 2.24) is 45.2 Å². The molecule has 2 N–H and O–H groups in total. The predicted octanol–water partition coefficient (Wildman–Crippen LogP) is 4.61. The Morgan fingerprint density at radius 2 is 1.95 bits per heavy atom. The van der Waals surface area contributed by atoms with Gasteiger partial charge in [0.25, 0.3) is 0 Å². The van der Waals surface area contributed by atoms with Crippen molar-refractivity contribution in [2.45, 2.75) is 38.3 Å². The van der Waals surface area contributed by atoms with Gasteiger partial charge in [0.1, 0.15) is 11.8 Å². The molecule has 1 aliphatic carbocycles. The van der Waals surface area contributed by atoms with E-state index in [9.17, 15) is 10.1 Å². The van der Waals surface area contributed by atoms with Crippen LogP contribution in [0.2, 0.25) is 0 Å². The lowest BCUT2D eigenvalue weighted by Gasteiger charge is -2.35. The summed E-state index contributed by atoms with van der Waals surface area (Å²) in [5.41, 5.74) is 3.99. The number of hydrogen-bond donors (Lipinski definition) is 2. The molecule has 0 unspecified atom stereocenters. The van der Waals surface area contributed by atoms with E-state index in [-0.39, 0.29) is 23.9 Å². The lowest BCUT2D eigenvalue weighted by Crippen LogP contribution is -2.48. The minimum Gasteiger partial charge on any atom is -0.334 e. The van der Waals surface area contributed by atoms with Crippen LogP contribution in [0.4, 0.5) is 16.6 Å². The Hall–Kier alpha value is -5.77. The number of urea groups is 1. The number of carbonyl (C=O) groups is 1. The molecule has 1 aliphatic rings. The zero-order chi connectivity index (χ0) is 30.3. The van der Waals surface area contributed by atoms with Crippen molar-refractivity contribution in [1.29, 1.82) is 5.26 Å². The van der Waals surface area contributed by atoms with Crippen LogP contribution in [0.5, 0.6) is 0 Å². The number of benzene rings is 1. The maximum Gasteiger partial charge on any atom is 0.323 e. The standard InChI is InChI=1S/C31H30N12O/c1-42-20-24(17-39-42)27-18-34-28(19-33-27)43(31(44)37-15-21-5-3-2-4-6-21)25-9-7-22(8-10-25)14-35-30-36-16-23(13-32)29(40-30)26-11-12-38-41-26/h2-6,11-12,14,16-20,22,25H,7-10,15H2,1H3,(H,37,44)(H,38,41). The molecule has 0 atom stereocenters. The summed E-state index contributed by atoms with van der Waals surface area (Å²) in [5.74, 6) is 0.966. The number of anilines is 1. The maximum atomic E-state index is 13.6. The molecule has 0 aliphatic heterocycles. The van der Waals surface area contributed by atoms with Crippen LogP contribution < -0.4 is 10.2 Å². The molecule has 0 radical (unpaired) electrons. The highest BCUT2D eigenvalue weighted by Crippen LogP contribution is 2.30. The van der Waals surface area contributed by atoms with Gasteiger partial charge >= 0.3 is 6.03 Å². The van der Waals surface area contributed by atoms with Crippen molar-refractivity contribution >= 4 is 24.0 Å². The summed E-state index contributed by atoms with van der Waals surface area (Å²) in [5, 5.41) is 23.5. The molecule has 4 aromatic heterocycles. The van der Waals surface area contributed by atoms with E-state index >= 15 is 0 Å². The molecule has 1 fully saturated rings. The van der Waals surface area contributed by atoms with Crippen molar-refractivity contribution in [3.8, 4) is 28.7 Å². The van der Waals surface area contributed by atoms with Gasteiger partial charge in [-0.05, 0) is 43.2 Å². The number of nitriles is 1. The molecule has 0 bridgehead atoms. The highest BCUT2D eigenvalue weighted by atomic mass is 16.2. The van der Waals surface area contributed by atoms with Gasteiger partial charge in [-0.3, -0.25) is 19.7 Å². The van der Waals surface area contributed by atoms with Gasteiger partial charge in [0, 0.05) is 43.8 Å². The van der Waals surface area contributed by atoms with Crippen LogP contribution in [0.3, 0.4) is 0 Å². The zero-order valence-corrected chi connectivity index (χ0v) is 24.1. The SMILES string of the molecule is Cn1cc(-c2cnc(N(C(=O)NCc3ccccc3)C3CCC(C=Nc4ncc(C#N)c(-c5ccn[nH]5)n4)CC3)cn2)cn1. The number of nitrogens with one attached hydrogen (secondary N) is 2. The molecule has 0 saturated heterocycles. The minimum absolute atomic E-state index is 0.0629. The van der Waals surface area contributed by atoms with Crippen LogP contribution in [-0.4, -0.2) is 58.2 Å². The minimum atomic E-state index is -0.216. The number of aryl methyl sites for hydroxylation is 1. The topological polar surface area (TPSA) is 167 Å². The molecule has 2 amide bonds. The summed E-state index contributed by atoms with van der Waals surface area (Å²) >= 11 is 0. The Morgan fingerprint density at radius 1 is 1.11 bits per heavy atom. The zero-order valence-electron chi connectivity index (χ0n) is 24.1. The molecular weight excluding hydrogens is 556 g/mol. The second-order valence-electron chi connectivity index (χ2n) is 10.5. The van der Waals surface area contributed by atoms with Crippen LogP contribution in [0.25, 0.3) is 22.6 Å². The lowest BCUT2D eigenvalue weighted by atomic mass is 9.86. The van der Waals surface area contributed by atoms with Crippen LogP contribution in [0.15, 0.2) is 78.6 Å². The molecule has 13 heteroatoms. The van der Waals surface area contributed by atoms with Crippen molar-refractivity contribution < 1.29 is 4.79 Å². The van der Waals surface area contributed by atoms with Gasteiger partial charge in [-0.15, -0.1) is 0 Å². The van der Waals surface area contributed by atoms with E-state index in [0.717, 1.165) is 36.8 Å². The van der Waals surface area contributed by atoms with Gasteiger partial charge in [-0.2, -0.15) is 15.5 Å². The Bertz CT molecular complexity index is 1770. The van der Waals surface area contributed by atoms with E-state index < -0.39 is 0 Å². The number of nitrogens with zero attached hydrogens (tertiary/aromatic N) is 10. The quantitative estimate of drug-likeness (QED) is 0.249. The second-order valence-corrected chi connectivity index (χ2v) is 10.5. The van der Waals surface area contributed by atoms with Gasteiger partial charge < -0.3 is 5.32 Å². The van der Waals surface area contributed by atoms with Gasteiger partial charge in [-0.1, -0.05) is 30.3 Å². The first kappa shape index (κ1) is 28.4. The van der Waals surface area contributed by atoms with E-state index in [2.05, 4.69) is 51.6 Å². The fraction of sp³-hybridized carbons (Fsp3) is 0.258. The van der Waals surface area contributed by atoms with Crippen LogP contribution in [-0.2, 0) is 13.6 Å². The Labute approximate surface area is 253 Å². The molecule has 13 nitrogen and oxygen atoms in total. The van der Waals surface area contributed by atoms with Crippen molar-refractivity contribution in [2.24, 2.45) is 18.0 Å². The number of rotatable bonds is 8. The molecule has 6 rings (SSSR count). The number of H-pyrrole nitrogens is 1. The molecule has 220 valence electrons. The van der Waals surface area contributed by atoms with Gasteiger partial charge in [-0.25, -0.2) is 24.7 Å². The Morgan fingerprint density at radius 3 is 2.64 bits per heavy atom. The number of aliphatic imine (C=N–C) groups is 1. The van der Waals surface area contributed by atoms with E-state index in [1.54, 1.807) is 40.4 Å². The number of carbonyl (C=O) groups excluding carboxylic acids is 1. The molecule has 0 spiro atoms. The molecule has 1 saturated carbocycles. The third-order valence-electron chi connectivity index (χ3n) is 7.55. The third kappa shape index (κ3) is 6.49. The summed E-state index contributed by atoms with van der Waals surface area (Å²) in [6, 6.07) is 13.4. The predicted molar refractivity (Wildman–Crippen MR) is 164 cm³/mol. The molecule has 4 heterocycles. The molecular formula is C31H30N12O. The van der Waals surface area contributed by atoms with Crippen molar-refractivity contribution in [3.05, 3.63) is 84.7 Å². The second kappa shape index (κ2) is 13.0. The monoisotopic (exact) mass is 586 g/mol. The molecule has 44 heavy (non-hydrogen) atoms. The summed E-state index contributed by atoms with van der Waals surface area (Å²) < 4.78 is 1.71. The van der Waals surface area contributed by atoms with Crippen LogP contribution in [0, 0.1) is 17.2 Å². The van der Waals surface area contributed by atoms with Crippen molar-refractivity contribution in [2.75, 3.05) is 4.90 Å². The van der Waals surface area contributed by atoms with E-state index in [4.69, 9.17) is 0 Å². The van der Waals surface area contributed by atoms with Gasteiger partial charge in [0.05, 0.1) is 41.7 Å². The summed E-state index contributed by atoms with van der Waals surface area (Å²) in [6.07, 6.45) is 15.0. The number of amides is 2. The third-order valence-corrected chi connectivity index (χ3v) is 7.55. The van der Waals surface area contributed by atoms with Gasteiger partial charge in [0.15, 0.2) is 5.82 Å². The molecule has 1 aromatic carbocycles. The highest BCUT2D eigenvalue weighted by molar-refractivity contribution is 5.91. The molecule has 5 aromatic rings. The smallest absolute Gasteiger partial charge is 0.323 e. The largest absolute Gasteiger partial charge is 0.334 e. The first-order valence-electron chi connectivity index (χ1n) is 14.3. The van der Waals surface area contributed by atoms with E-state index in [0.29, 0.717) is 35.0 Å². The fourth-order valence-electron chi connectivity index (χ4n) is 5.25. The highest BCUT2D eigenvalue weighted by Gasteiger charge is 2.31. The van der Waals surface area contributed by atoms with E-state index in [1.807, 2.05) is 49.8 Å². The number of aromatic amines is 1. The first-order chi connectivity index (χ1) is 21.6. The van der Waals surface area contributed by atoms with Crippen LogP contribution in [0.1, 0.15) is 36.8 Å².